The molecule has 1 aromatic heterocycles. The molecule has 2 aromatic rings. The molecule has 3 atom stereocenters. The summed E-state index contributed by atoms with van der Waals surface area (Å²) in [4.78, 5) is 19.0. The summed E-state index contributed by atoms with van der Waals surface area (Å²) in [6.45, 7) is 7.60. The van der Waals surface area contributed by atoms with Crippen molar-refractivity contribution in [2.24, 2.45) is 0 Å². The number of carbonyl (C=O) groups is 1. The molecule has 37 heavy (non-hydrogen) atoms. The quantitative estimate of drug-likeness (QED) is 0.393. The minimum atomic E-state index is -0.507. The van der Waals surface area contributed by atoms with E-state index in [1.165, 1.54) is 31.0 Å². The molecular weight excluding hydrogens is 462 g/mol. The van der Waals surface area contributed by atoms with Crippen molar-refractivity contribution in [2.45, 2.75) is 83.0 Å². The second-order valence-corrected chi connectivity index (χ2v) is 11.1. The van der Waals surface area contributed by atoms with E-state index in [0.717, 1.165) is 43.7 Å². The minimum absolute atomic E-state index is 0.302. The van der Waals surface area contributed by atoms with Gasteiger partial charge in [0, 0.05) is 49.2 Å². The average Bonchev–Trinajstić information content (AvgIpc) is 2.88. The fraction of sp³-hybridized carbons (Fsp3) is 0.500. The molecule has 7 heteroatoms. The molecule has 0 spiro atoms. The number of rotatable bonds is 7. The lowest BCUT2D eigenvalue weighted by Crippen LogP contribution is -2.55. The van der Waals surface area contributed by atoms with Crippen LogP contribution < -0.4 is 15.5 Å². The van der Waals surface area contributed by atoms with Crippen molar-refractivity contribution < 1.29 is 9.53 Å². The predicted octanol–water partition coefficient (Wildman–Crippen LogP) is 5.29. The van der Waals surface area contributed by atoms with Crippen molar-refractivity contribution in [1.82, 2.24) is 10.3 Å². The zero-order valence-corrected chi connectivity index (χ0v) is 22.2. The number of benzene rings is 1. The monoisotopic (exact) mass is 501 g/mol. The Hall–Kier alpha value is -3.37. The Labute approximate surface area is 220 Å². The maximum absolute atomic E-state index is 12.0. The van der Waals surface area contributed by atoms with E-state index in [0.29, 0.717) is 23.7 Å². The van der Waals surface area contributed by atoms with E-state index in [1.807, 2.05) is 45.0 Å². The summed E-state index contributed by atoms with van der Waals surface area (Å²) in [6, 6.07) is 15.1. The highest BCUT2D eigenvalue weighted by Crippen LogP contribution is 2.25. The summed E-state index contributed by atoms with van der Waals surface area (Å²) < 4.78 is 5.36. The van der Waals surface area contributed by atoms with Crippen molar-refractivity contribution in [3.05, 3.63) is 59.8 Å². The Morgan fingerprint density at radius 3 is 2.59 bits per heavy atom. The molecule has 0 bridgehead atoms. The summed E-state index contributed by atoms with van der Waals surface area (Å²) in [5, 5.41) is 16.7. The van der Waals surface area contributed by atoms with Gasteiger partial charge in [-0.2, -0.15) is 5.26 Å². The number of anilines is 2. The van der Waals surface area contributed by atoms with Gasteiger partial charge >= 0.3 is 5.97 Å². The van der Waals surface area contributed by atoms with Gasteiger partial charge in [0.25, 0.3) is 0 Å². The van der Waals surface area contributed by atoms with Gasteiger partial charge in [0.2, 0.25) is 0 Å². The molecule has 1 aliphatic carbocycles. The number of pyridine rings is 1. The van der Waals surface area contributed by atoms with Crippen LogP contribution in [0.2, 0.25) is 0 Å². The largest absolute Gasteiger partial charge is 0.457 e. The summed E-state index contributed by atoms with van der Waals surface area (Å²) in [6.07, 6.45) is 12.0. The standard InChI is InChI=1S/C30H39N5O2/c1-30(2,3)37-29(36)15-12-22-16-17-32-28(19-22)34-27-9-5-4-8-26(27)33-24-7-6-18-35(21-24)25-13-10-23(20-31)11-14-25/h10-17,19,24,26-27,33H,4-9,18,21H2,1-3H3,(H,32,34)/t24?,26-,27-/m1/s1. The molecule has 7 nitrogen and oxygen atoms in total. The molecule has 1 aromatic carbocycles. The van der Waals surface area contributed by atoms with Crippen LogP contribution in [0.15, 0.2) is 48.7 Å². The molecule has 2 aliphatic rings. The molecule has 0 amide bonds. The molecule has 2 fully saturated rings. The van der Waals surface area contributed by atoms with Crippen molar-refractivity contribution in [3.63, 3.8) is 0 Å². The van der Waals surface area contributed by atoms with Crippen LogP contribution >= 0.6 is 0 Å². The number of hydrogen-bond donors (Lipinski definition) is 2. The van der Waals surface area contributed by atoms with Crippen LogP contribution in [0.4, 0.5) is 11.5 Å². The van der Waals surface area contributed by atoms with Gasteiger partial charge in [-0.25, -0.2) is 9.78 Å². The third kappa shape index (κ3) is 8.06. The number of ether oxygens (including phenoxy) is 1. The van der Waals surface area contributed by atoms with Crippen LogP contribution in [0.25, 0.3) is 6.08 Å². The van der Waals surface area contributed by atoms with Crippen LogP contribution in [-0.4, -0.2) is 47.8 Å². The van der Waals surface area contributed by atoms with Crippen LogP contribution in [0.3, 0.4) is 0 Å². The third-order valence-corrected chi connectivity index (χ3v) is 6.93. The molecule has 4 rings (SSSR count). The first-order chi connectivity index (χ1) is 17.8. The molecule has 2 N–H and O–H groups in total. The van der Waals surface area contributed by atoms with Crippen molar-refractivity contribution in [3.8, 4) is 6.07 Å². The van der Waals surface area contributed by atoms with Gasteiger partial charge in [-0.3, -0.25) is 0 Å². The van der Waals surface area contributed by atoms with Crippen molar-refractivity contribution >= 4 is 23.6 Å². The van der Waals surface area contributed by atoms with Crippen molar-refractivity contribution in [1.29, 1.82) is 5.26 Å². The topological polar surface area (TPSA) is 90.3 Å². The van der Waals surface area contributed by atoms with Gasteiger partial charge in [-0.1, -0.05) is 12.8 Å². The van der Waals surface area contributed by atoms with Crippen molar-refractivity contribution in [2.75, 3.05) is 23.3 Å². The number of aromatic nitrogens is 1. The lowest BCUT2D eigenvalue weighted by molar-refractivity contribution is -0.148. The van der Waals surface area contributed by atoms with Gasteiger partial charge < -0.3 is 20.3 Å². The number of nitriles is 1. The van der Waals surface area contributed by atoms with Gasteiger partial charge in [0.05, 0.1) is 11.6 Å². The molecule has 1 unspecified atom stereocenters. The number of esters is 1. The zero-order valence-electron chi connectivity index (χ0n) is 22.2. The molecule has 1 saturated carbocycles. The second kappa shape index (κ2) is 12.2. The first-order valence-electron chi connectivity index (χ1n) is 13.4. The summed E-state index contributed by atoms with van der Waals surface area (Å²) >= 11 is 0. The molecule has 1 saturated heterocycles. The van der Waals surface area contributed by atoms with E-state index in [9.17, 15) is 4.79 Å². The van der Waals surface area contributed by atoms with Crippen LogP contribution in [-0.2, 0) is 9.53 Å². The fourth-order valence-corrected chi connectivity index (χ4v) is 5.22. The highest BCUT2D eigenvalue weighted by Gasteiger charge is 2.29. The Bertz CT molecular complexity index is 1120. The van der Waals surface area contributed by atoms with Crippen LogP contribution in [0, 0.1) is 11.3 Å². The normalized spacial score (nSPS) is 22.4. The molecule has 196 valence electrons. The lowest BCUT2D eigenvalue weighted by Gasteiger charge is -2.40. The summed E-state index contributed by atoms with van der Waals surface area (Å²) in [5.41, 5.74) is 2.29. The highest BCUT2D eigenvalue weighted by atomic mass is 16.6. The second-order valence-electron chi connectivity index (χ2n) is 11.1. The third-order valence-electron chi connectivity index (χ3n) is 6.93. The fourth-order valence-electron chi connectivity index (χ4n) is 5.22. The van der Waals surface area contributed by atoms with Crippen LogP contribution in [0.5, 0.6) is 0 Å². The van der Waals surface area contributed by atoms with E-state index in [2.05, 4.69) is 38.7 Å². The van der Waals surface area contributed by atoms with E-state index < -0.39 is 5.60 Å². The molecular formula is C30H39N5O2. The Kier molecular flexibility index (Phi) is 8.83. The van der Waals surface area contributed by atoms with Gasteiger partial charge in [0.1, 0.15) is 11.4 Å². The van der Waals surface area contributed by atoms with Crippen LogP contribution in [0.1, 0.15) is 70.4 Å². The average molecular weight is 502 g/mol. The Morgan fingerprint density at radius 1 is 1.11 bits per heavy atom. The highest BCUT2D eigenvalue weighted by molar-refractivity contribution is 5.87. The van der Waals surface area contributed by atoms with E-state index >= 15 is 0 Å². The van der Waals surface area contributed by atoms with Gasteiger partial charge in [-0.15, -0.1) is 0 Å². The number of nitrogens with zero attached hydrogens (tertiary/aromatic N) is 3. The molecule has 2 heterocycles. The first-order valence-corrected chi connectivity index (χ1v) is 13.4. The number of carbonyl (C=O) groups excluding carboxylic acids is 1. The SMILES string of the molecule is CC(C)(C)OC(=O)C=Cc1ccnc(N[C@@H]2CCCC[C@H]2NC2CCCN(c3ccc(C#N)cc3)C2)c1. The Balaban J connectivity index is 1.36. The minimum Gasteiger partial charge on any atom is -0.457 e. The first kappa shape index (κ1) is 26.7. The number of hydrogen-bond acceptors (Lipinski definition) is 7. The van der Waals surface area contributed by atoms with E-state index in [-0.39, 0.29) is 5.97 Å². The predicted molar refractivity (Wildman–Crippen MR) is 148 cm³/mol. The summed E-state index contributed by atoms with van der Waals surface area (Å²) in [5.74, 6) is 0.478. The van der Waals surface area contributed by atoms with Gasteiger partial charge in [-0.05, 0) is 94.5 Å². The van der Waals surface area contributed by atoms with E-state index in [4.69, 9.17) is 10.00 Å². The van der Waals surface area contributed by atoms with Gasteiger partial charge in [0.15, 0.2) is 0 Å². The lowest BCUT2D eigenvalue weighted by atomic mass is 9.89. The maximum atomic E-state index is 12.0. The number of nitrogens with one attached hydrogen (secondary N) is 2. The zero-order chi connectivity index (χ0) is 26.3. The molecule has 1 aliphatic heterocycles. The summed E-state index contributed by atoms with van der Waals surface area (Å²) in [7, 11) is 0. The maximum Gasteiger partial charge on any atom is 0.331 e. The van der Waals surface area contributed by atoms with E-state index in [1.54, 1.807) is 12.3 Å². The Morgan fingerprint density at radius 2 is 1.86 bits per heavy atom. The number of piperidine rings is 1. The molecule has 0 radical (unpaired) electrons. The smallest absolute Gasteiger partial charge is 0.331 e.